The molecule has 180 valence electrons. The van der Waals surface area contributed by atoms with Gasteiger partial charge in [-0.2, -0.15) is 0 Å². The van der Waals surface area contributed by atoms with Crippen LogP contribution >= 0.6 is 24.0 Å². The minimum Gasteiger partial charge on any atom is -0.486 e. The van der Waals surface area contributed by atoms with Gasteiger partial charge in [0.1, 0.15) is 13.2 Å². The zero-order chi connectivity index (χ0) is 22.6. The Morgan fingerprint density at radius 2 is 1.76 bits per heavy atom. The Kier molecular flexibility index (Phi) is 8.50. The number of halogens is 1. The summed E-state index contributed by atoms with van der Waals surface area (Å²) in [6.07, 6.45) is 1.53. The molecule has 1 aromatic heterocycles. The Labute approximate surface area is 212 Å². The number of carbonyl (C=O) groups is 1. The number of nitrogens with zero attached hydrogens (tertiary/aromatic N) is 3. The number of hydrogen-bond donors (Lipinski definition) is 1. The zero-order valence-electron chi connectivity index (χ0n) is 19.5. The maximum atomic E-state index is 12.5. The Hall–Kier alpha value is -2.43. The van der Waals surface area contributed by atoms with Gasteiger partial charge in [-0.1, -0.05) is 19.9 Å². The molecule has 1 aromatic carbocycles. The lowest BCUT2D eigenvalue weighted by molar-refractivity contribution is 0.0657. The number of benzene rings is 1. The molecule has 2 aliphatic heterocycles. The highest BCUT2D eigenvalue weighted by atomic mass is 127. The number of carbonyl (C=O) groups excluding carboxylic acids is 1. The highest BCUT2D eigenvalue weighted by molar-refractivity contribution is 14.0. The van der Waals surface area contributed by atoms with Crippen LogP contribution in [-0.4, -0.2) is 74.1 Å². The number of fused-ring (bicyclic) bond motifs is 1. The number of hydrogen-bond acceptors (Lipinski definition) is 5. The number of furan rings is 1. The Bertz CT molecular complexity index is 953. The topological polar surface area (TPSA) is 79.5 Å². The van der Waals surface area contributed by atoms with Crippen LogP contribution in [0, 0.1) is 0 Å². The van der Waals surface area contributed by atoms with Crippen LogP contribution in [0.5, 0.6) is 11.5 Å². The van der Waals surface area contributed by atoms with Gasteiger partial charge in [-0.05, 0) is 36.8 Å². The lowest BCUT2D eigenvalue weighted by Gasteiger charge is -2.36. The van der Waals surface area contributed by atoms with Crippen LogP contribution in [0.4, 0.5) is 0 Å². The van der Waals surface area contributed by atoms with Gasteiger partial charge in [0.2, 0.25) is 0 Å². The molecule has 1 amide bonds. The number of piperazine rings is 1. The SMILES string of the molecule is CCNC(=NCC(C)(C)c1ccc2c(c1)OCCO2)N1CCN(C(=O)c2ccco2)CC1.I. The quantitative estimate of drug-likeness (QED) is 0.339. The van der Waals surface area contributed by atoms with Gasteiger partial charge >= 0.3 is 0 Å². The minimum absolute atomic E-state index is 0. The van der Waals surface area contributed by atoms with Crippen molar-refractivity contribution in [1.82, 2.24) is 15.1 Å². The van der Waals surface area contributed by atoms with Gasteiger partial charge in [-0.15, -0.1) is 24.0 Å². The predicted octanol–water partition coefficient (Wildman–Crippen LogP) is 3.37. The Balaban J connectivity index is 0.00000306. The molecule has 0 atom stereocenters. The number of nitrogens with one attached hydrogen (secondary N) is 1. The van der Waals surface area contributed by atoms with E-state index in [4.69, 9.17) is 18.9 Å². The first-order valence-corrected chi connectivity index (χ1v) is 11.2. The summed E-state index contributed by atoms with van der Waals surface area (Å²) < 4.78 is 16.7. The molecule has 2 aliphatic rings. The van der Waals surface area contributed by atoms with Crippen molar-refractivity contribution in [1.29, 1.82) is 0 Å². The zero-order valence-corrected chi connectivity index (χ0v) is 21.8. The van der Waals surface area contributed by atoms with Crippen LogP contribution in [0.15, 0.2) is 46.0 Å². The highest BCUT2D eigenvalue weighted by Gasteiger charge is 2.27. The number of guanidine groups is 1. The van der Waals surface area contributed by atoms with Crippen LogP contribution in [0.3, 0.4) is 0 Å². The molecule has 4 rings (SSSR count). The fourth-order valence-electron chi connectivity index (χ4n) is 3.93. The summed E-state index contributed by atoms with van der Waals surface area (Å²) in [6, 6.07) is 9.59. The molecule has 1 fully saturated rings. The monoisotopic (exact) mass is 568 g/mol. The first-order chi connectivity index (χ1) is 15.5. The molecular weight excluding hydrogens is 535 g/mol. The van der Waals surface area contributed by atoms with E-state index in [0.29, 0.717) is 38.6 Å². The van der Waals surface area contributed by atoms with E-state index >= 15 is 0 Å². The van der Waals surface area contributed by atoms with Gasteiger partial charge in [0, 0.05) is 38.1 Å². The van der Waals surface area contributed by atoms with Crippen molar-refractivity contribution >= 4 is 35.8 Å². The van der Waals surface area contributed by atoms with Gasteiger partial charge in [-0.3, -0.25) is 9.79 Å². The summed E-state index contributed by atoms with van der Waals surface area (Å²) in [5, 5.41) is 3.41. The number of rotatable bonds is 5. The number of aliphatic imine (C=N–C) groups is 1. The molecule has 3 heterocycles. The highest BCUT2D eigenvalue weighted by Crippen LogP contribution is 2.35. The molecule has 0 radical (unpaired) electrons. The maximum absolute atomic E-state index is 12.5. The number of amides is 1. The van der Waals surface area contributed by atoms with Crippen LogP contribution in [-0.2, 0) is 5.41 Å². The summed E-state index contributed by atoms with van der Waals surface area (Å²) in [5.41, 5.74) is 0.989. The van der Waals surface area contributed by atoms with Crippen LogP contribution < -0.4 is 14.8 Å². The Morgan fingerprint density at radius 3 is 2.42 bits per heavy atom. The molecule has 0 spiro atoms. The van der Waals surface area contributed by atoms with E-state index in [-0.39, 0.29) is 35.3 Å². The third kappa shape index (κ3) is 5.93. The van der Waals surface area contributed by atoms with E-state index in [1.165, 1.54) is 6.26 Å². The minimum atomic E-state index is -0.173. The van der Waals surface area contributed by atoms with Crippen molar-refractivity contribution in [3.05, 3.63) is 47.9 Å². The summed E-state index contributed by atoms with van der Waals surface area (Å²) >= 11 is 0. The van der Waals surface area contributed by atoms with E-state index < -0.39 is 0 Å². The smallest absolute Gasteiger partial charge is 0.289 e. The second-order valence-corrected chi connectivity index (χ2v) is 8.67. The fourth-order valence-corrected chi connectivity index (χ4v) is 3.93. The molecule has 2 aromatic rings. The molecule has 33 heavy (non-hydrogen) atoms. The second kappa shape index (κ2) is 11.1. The summed E-state index contributed by atoms with van der Waals surface area (Å²) in [5.74, 6) is 2.81. The van der Waals surface area contributed by atoms with Crippen LogP contribution in [0.25, 0.3) is 0 Å². The molecular formula is C24H33IN4O4. The van der Waals surface area contributed by atoms with Gasteiger partial charge in [0.05, 0.1) is 12.8 Å². The summed E-state index contributed by atoms with van der Waals surface area (Å²) in [7, 11) is 0. The van der Waals surface area contributed by atoms with E-state index in [9.17, 15) is 4.79 Å². The molecule has 0 unspecified atom stereocenters. The Morgan fingerprint density at radius 1 is 1.06 bits per heavy atom. The van der Waals surface area contributed by atoms with E-state index in [2.05, 4.69) is 43.1 Å². The van der Waals surface area contributed by atoms with Gasteiger partial charge < -0.3 is 29.0 Å². The molecule has 1 saturated heterocycles. The second-order valence-electron chi connectivity index (χ2n) is 8.67. The van der Waals surface area contributed by atoms with Gasteiger partial charge in [0.15, 0.2) is 23.2 Å². The fraction of sp³-hybridized carbons (Fsp3) is 0.500. The van der Waals surface area contributed by atoms with Crippen molar-refractivity contribution in [2.75, 3.05) is 52.5 Å². The standard InChI is InChI=1S/C24H32N4O4.HI/c1-4-25-23(28-11-9-27(10-12-28)22(29)20-6-5-13-30-20)26-17-24(2,3)18-7-8-19-21(16-18)32-15-14-31-19;/h5-8,13,16H,4,9-12,14-15,17H2,1-3H3,(H,25,26);1H. The summed E-state index contributed by atoms with van der Waals surface area (Å²) in [6.45, 7) is 11.7. The molecule has 8 nitrogen and oxygen atoms in total. The third-order valence-corrected chi connectivity index (χ3v) is 5.88. The first kappa shape index (κ1) is 25.2. The molecule has 0 bridgehead atoms. The summed E-state index contributed by atoms with van der Waals surface area (Å²) in [4.78, 5) is 21.5. The number of ether oxygens (including phenoxy) is 2. The molecule has 9 heteroatoms. The van der Waals surface area contributed by atoms with E-state index in [1.807, 2.05) is 11.0 Å². The molecule has 1 N–H and O–H groups in total. The lowest BCUT2D eigenvalue weighted by Crippen LogP contribution is -2.54. The van der Waals surface area contributed by atoms with Crippen molar-refractivity contribution in [3.63, 3.8) is 0 Å². The van der Waals surface area contributed by atoms with Crippen molar-refractivity contribution in [3.8, 4) is 11.5 Å². The largest absolute Gasteiger partial charge is 0.486 e. The van der Waals surface area contributed by atoms with Crippen molar-refractivity contribution < 1.29 is 18.7 Å². The van der Waals surface area contributed by atoms with E-state index in [1.54, 1.807) is 12.1 Å². The van der Waals surface area contributed by atoms with E-state index in [0.717, 1.165) is 42.7 Å². The normalized spacial score (nSPS) is 16.3. The third-order valence-electron chi connectivity index (χ3n) is 5.88. The average Bonchev–Trinajstić information content (AvgIpc) is 3.36. The molecule has 0 aliphatic carbocycles. The lowest BCUT2D eigenvalue weighted by atomic mass is 9.84. The van der Waals surface area contributed by atoms with Crippen LogP contribution in [0.2, 0.25) is 0 Å². The predicted molar refractivity (Wildman–Crippen MR) is 138 cm³/mol. The maximum Gasteiger partial charge on any atom is 0.289 e. The molecule has 0 saturated carbocycles. The van der Waals surface area contributed by atoms with Crippen LogP contribution in [0.1, 0.15) is 36.9 Å². The van der Waals surface area contributed by atoms with Gasteiger partial charge in [0.25, 0.3) is 5.91 Å². The average molecular weight is 568 g/mol. The van der Waals surface area contributed by atoms with Crippen molar-refractivity contribution in [2.45, 2.75) is 26.2 Å². The van der Waals surface area contributed by atoms with Gasteiger partial charge in [-0.25, -0.2) is 0 Å². The first-order valence-electron chi connectivity index (χ1n) is 11.2. The van der Waals surface area contributed by atoms with Crippen molar-refractivity contribution in [2.24, 2.45) is 4.99 Å².